The summed E-state index contributed by atoms with van der Waals surface area (Å²) in [4.78, 5) is 2.87. The van der Waals surface area contributed by atoms with Gasteiger partial charge in [0, 0.05) is 23.4 Å². The van der Waals surface area contributed by atoms with Gasteiger partial charge in [-0.2, -0.15) is 18.4 Å². The van der Waals surface area contributed by atoms with Gasteiger partial charge in [-0.25, -0.2) is 0 Å². The largest absolute Gasteiger partial charge is 0.417 e. The molecule has 2 aliphatic carbocycles. The predicted octanol–water partition coefficient (Wildman–Crippen LogP) is 5.16. The Morgan fingerprint density at radius 3 is 2.68 bits per heavy atom. The van der Waals surface area contributed by atoms with Crippen molar-refractivity contribution < 1.29 is 22.3 Å². The van der Waals surface area contributed by atoms with Crippen molar-refractivity contribution in [3.8, 4) is 6.07 Å². The van der Waals surface area contributed by atoms with Crippen LogP contribution in [0.1, 0.15) is 30.9 Å². The fourth-order valence-electron chi connectivity index (χ4n) is 5.46. The molecule has 1 heterocycles. The molecule has 11 heteroatoms. The number of azide groups is 1. The number of nitriles is 1. The van der Waals surface area contributed by atoms with Gasteiger partial charge in [0.15, 0.2) is 0 Å². The van der Waals surface area contributed by atoms with Gasteiger partial charge < -0.3 is 0 Å². The molecular weight excluding hydrogens is 395 g/mol. The molecule has 28 heavy (non-hydrogen) atoms. The van der Waals surface area contributed by atoms with Crippen LogP contribution in [-0.2, 0) is 6.18 Å². The Bertz CT molecular complexity index is 926. The maximum absolute atomic E-state index is 13.3. The van der Waals surface area contributed by atoms with E-state index in [1.54, 1.807) is 6.92 Å². The number of hydrogen-bond donors (Lipinski definition) is 2. The van der Waals surface area contributed by atoms with E-state index < -0.39 is 32.8 Å². The van der Waals surface area contributed by atoms with Crippen molar-refractivity contribution in [2.75, 3.05) is 10.8 Å². The maximum Gasteiger partial charge on any atom is 0.417 e. The van der Waals surface area contributed by atoms with Crippen LogP contribution in [0.4, 0.5) is 18.9 Å². The molecule has 5 atom stereocenters. The molecule has 1 saturated heterocycles. The van der Waals surface area contributed by atoms with Crippen LogP contribution < -0.4 is 4.31 Å². The van der Waals surface area contributed by atoms with E-state index in [9.17, 15) is 22.3 Å². The average molecular weight is 413 g/mol. The van der Waals surface area contributed by atoms with E-state index in [-0.39, 0.29) is 36.0 Å². The Kier molecular flexibility index (Phi) is 4.07. The lowest BCUT2D eigenvalue weighted by Crippen LogP contribution is -2.46. The third-order valence-electron chi connectivity index (χ3n) is 6.78. The summed E-state index contributed by atoms with van der Waals surface area (Å²) >= 11 is 0. The summed E-state index contributed by atoms with van der Waals surface area (Å²) < 4.78 is 62.6. The summed E-state index contributed by atoms with van der Waals surface area (Å²) in [5.41, 5.74) is 7.21. The van der Waals surface area contributed by atoms with Gasteiger partial charge in [0.2, 0.25) is 0 Å². The minimum absolute atomic E-state index is 0.0293. The second kappa shape index (κ2) is 5.94. The monoisotopic (exact) mass is 413 g/mol. The Labute approximate surface area is 160 Å². The normalized spacial score (nSPS) is 36.5. The molecule has 0 radical (unpaired) electrons. The van der Waals surface area contributed by atoms with Crippen LogP contribution in [0.5, 0.6) is 0 Å². The zero-order valence-corrected chi connectivity index (χ0v) is 15.7. The topological polar surface area (TPSA) is 116 Å². The summed E-state index contributed by atoms with van der Waals surface area (Å²) in [5, 5.41) is 12.8. The van der Waals surface area contributed by atoms with E-state index >= 15 is 0 Å². The van der Waals surface area contributed by atoms with Crippen LogP contribution >= 0.6 is 10.8 Å². The number of halogens is 3. The van der Waals surface area contributed by atoms with E-state index in [4.69, 9.17) is 10.8 Å². The van der Waals surface area contributed by atoms with Crippen LogP contribution in [0.3, 0.4) is 0 Å². The SMILES string of the molecule is C[C@@]12[C@@H](CN(c3ccc(C#N)c(C(F)(F)F)c3)S1(O)O)[C@H]1C[C@H](N=[N+]=[N-])[C@@H]2C1. The molecule has 1 aromatic rings. The summed E-state index contributed by atoms with van der Waals surface area (Å²) in [7, 11) is -3.48. The fourth-order valence-corrected chi connectivity index (χ4v) is 8.05. The van der Waals surface area contributed by atoms with Crippen LogP contribution in [0, 0.1) is 29.1 Å². The van der Waals surface area contributed by atoms with E-state index in [1.165, 1.54) is 16.4 Å². The van der Waals surface area contributed by atoms with Gasteiger partial charge in [0.05, 0.1) is 27.6 Å². The van der Waals surface area contributed by atoms with E-state index in [0.717, 1.165) is 18.6 Å². The first-order chi connectivity index (χ1) is 13.1. The zero-order chi connectivity index (χ0) is 20.5. The van der Waals surface area contributed by atoms with Crippen molar-refractivity contribution in [3.05, 3.63) is 39.8 Å². The number of rotatable bonds is 2. The highest BCUT2D eigenvalue weighted by Gasteiger charge is 2.70. The number of hydrogen-bond acceptors (Lipinski definition) is 5. The Hall–Kier alpha value is -2.12. The van der Waals surface area contributed by atoms with Crippen molar-refractivity contribution in [2.45, 2.75) is 36.7 Å². The molecular formula is C17H18F3N5O2S. The van der Waals surface area contributed by atoms with Gasteiger partial charge in [0.25, 0.3) is 0 Å². The Morgan fingerprint density at radius 1 is 1.36 bits per heavy atom. The smallest absolute Gasteiger partial charge is 0.281 e. The summed E-state index contributed by atoms with van der Waals surface area (Å²) in [6.07, 6.45) is -3.36. The second-order valence-corrected chi connectivity index (χ2v) is 10.2. The average Bonchev–Trinajstić information content (AvgIpc) is 3.22. The zero-order valence-electron chi connectivity index (χ0n) is 14.8. The highest BCUT2D eigenvalue weighted by Crippen LogP contribution is 2.76. The summed E-state index contributed by atoms with van der Waals surface area (Å²) in [5.74, 6) is -0.214. The maximum atomic E-state index is 13.3. The van der Waals surface area contributed by atoms with Gasteiger partial charge in [0.1, 0.15) is 0 Å². The Balaban J connectivity index is 1.77. The second-order valence-electron chi connectivity index (χ2n) is 7.82. The van der Waals surface area contributed by atoms with Crippen molar-refractivity contribution in [1.82, 2.24) is 0 Å². The molecule has 3 aliphatic rings. The molecule has 0 spiro atoms. The lowest BCUT2D eigenvalue weighted by Gasteiger charge is -2.52. The highest BCUT2D eigenvalue weighted by molar-refractivity contribution is 8.26. The predicted molar refractivity (Wildman–Crippen MR) is 97.4 cm³/mol. The molecule has 2 bridgehead atoms. The standard InChI is InChI=1S/C17H18F3N5O2S/c1-16-13-4-10(5-15(13)23-24-22)14(16)8-25(28(16,26)27)11-3-2-9(7-21)12(6-11)17(18,19)20/h2-3,6,10,13-15,26-27H,4-5,8H2,1H3/t10-,13+,14+,15+,16-/m1/s1. The minimum atomic E-state index is -4.73. The minimum Gasteiger partial charge on any atom is -0.281 e. The first-order valence-electron chi connectivity index (χ1n) is 8.76. The van der Waals surface area contributed by atoms with Crippen LogP contribution in [0.2, 0.25) is 0 Å². The molecule has 2 N–H and O–H groups in total. The first-order valence-corrected chi connectivity index (χ1v) is 10.3. The molecule has 2 saturated carbocycles. The van der Waals surface area contributed by atoms with Gasteiger partial charge in [-0.3, -0.25) is 13.4 Å². The van der Waals surface area contributed by atoms with Gasteiger partial charge in [-0.05, 0) is 55.3 Å². The van der Waals surface area contributed by atoms with Crippen molar-refractivity contribution >= 4 is 16.5 Å². The Morgan fingerprint density at radius 2 is 2.07 bits per heavy atom. The number of benzene rings is 1. The first kappa shape index (κ1) is 19.2. The van der Waals surface area contributed by atoms with Crippen molar-refractivity contribution in [1.29, 1.82) is 5.26 Å². The van der Waals surface area contributed by atoms with E-state index in [0.29, 0.717) is 6.42 Å². The highest BCUT2D eigenvalue weighted by atomic mass is 32.3. The van der Waals surface area contributed by atoms with Crippen LogP contribution in [0.25, 0.3) is 10.4 Å². The molecule has 1 aliphatic heterocycles. The van der Waals surface area contributed by atoms with E-state index in [2.05, 4.69) is 10.0 Å². The van der Waals surface area contributed by atoms with Gasteiger partial charge in [-0.1, -0.05) is 5.11 Å². The lowest BCUT2D eigenvalue weighted by molar-refractivity contribution is -0.137. The van der Waals surface area contributed by atoms with Gasteiger partial charge in [-0.15, -0.1) is 10.8 Å². The summed E-state index contributed by atoms with van der Waals surface area (Å²) in [6, 6.07) is 4.38. The molecule has 1 aromatic carbocycles. The molecule has 0 amide bonds. The fraction of sp³-hybridized carbons (Fsp3) is 0.588. The number of anilines is 1. The number of nitrogens with zero attached hydrogens (tertiary/aromatic N) is 5. The van der Waals surface area contributed by atoms with Crippen molar-refractivity contribution in [2.24, 2.45) is 22.9 Å². The molecule has 0 aromatic heterocycles. The lowest BCUT2D eigenvalue weighted by atomic mass is 9.77. The number of fused-ring (bicyclic) bond motifs is 5. The van der Waals surface area contributed by atoms with E-state index in [1.807, 2.05) is 0 Å². The molecule has 0 unspecified atom stereocenters. The third-order valence-corrected chi connectivity index (χ3v) is 9.54. The molecule has 4 rings (SSSR count). The molecule has 7 nitrogen and oxygen atoms in total. The van der Waals surface area contributed by atoms with Crippen molar-refractivity contribution in [3.63, 3.8) is 0 Å². The summed E-state index contributed by atoms with van der Waals surface area (Å²) in [6.45, 7) is 1.96. The molecule has 3 fully saturated rings. The number of alkyl halides is 3. The quantitative estimate of drug-likeness (QED) is 0.396. The van der Waals surface area contributed by atoms with Crippen LogP contribution in [-0.4, -0.2) is 26.4 Å². The third kappa shape index (κ3) is 2.35. The molecule has 150 valence electrons. The van der Waals surface area contributed by atoms with Gasteiger partial charge >= 0.3 is 6.18 Å². The van der Waals surface area contributed by atoms with Crippen LogP contribution in [0.15, 0.2) is 23.3 Å².